The van der Waals surface area contributed by atoms with Crippen LogP contribution in [0.5, 0.6) is 23.0 Å². The molecule has 0 bridgehead atoms. The normalized spacial score (nSPS) is 21.1. The molecule has 12 nitrogen and oxygen atoms in total. The number of alkyl halides is 6. The predicted molar refractivity (Wildman–Crippen MR) is 165 cm³/mol. The van der Waals surface area contributed by atoms with Crippen molar-refractivity contribution in [1.82, 2.24) is 9.97 Å². The van der Waals surface area contributed by atoms with E-state index in [9.17, 15) is 53.4 Å². The van der Waals surface area contributed by atoms with Gasteiger partial charge in [0, 0.05) is 59.3 Å². The number of fused-ring (bicyclic) bond motifs is 2. The summed E-state index contributed by atoms with van der Waals surface area (Å²) in [6, 6.07) is 10.1. The highest BCUT2D eigenvalue weighted by molar-refractivity contribution is 7.91. The molecule has 0 aliphatic heterocycles. The Balaban J connectivity index is 0.000000201. The number of hydrogen-bond acceptors (Lipinski definition) is 12. The molecule has 0 unspecified atom stereocenters. The quantitative estimate of drug-likeness (QED) is 0.228. The van der Waals surface area contributed by atoms with Crippen LogP contribution in [0, 0.1) is 22.7 Å². The molecule has 2 aliphatic carbocycles. The molecule has 0 saturated carbocycles. The maximum Gasteiger partial charge on any atom is 0.312 e. The van der Waals surface area contributed by atoms with Crippen LogP contribution < -0.4 is 9.47 Å². The van der Waals surface area contributed by atoms with Crippen molar-refractivity contribution in [3.63, 3.8) is 0 Å². The van der Waals surface area contributed by atoms with E-state index in [2.05, 4.69) is 9.97 Å². The van der Waals surface area contributed by atoms with E-state index >= 15 is 0 Å². The number of benzene rings is 2. The summed E-state index contributed by atoms with van der Waals surface area (Å²) < 4.78 is 143. The molecule has 2 N–H and O–H groups in total. The highest BCUT2D eigenvalue weighted by Gasteiger charge is 2.60. The molecule has 2 aliphatic rings. The number of hydrogen-bond donors (Lipinski definition) is 2. The van der Waals surface area contributed by atoms with Gasteiger partial charge in [0.2, 0.25) is 0 Å². The summed E-state index contributed by atoms with van der Waals surface area (Å²) in [5.41, 5.74) is -2.71. The Labute approximate surface area is 291 Å². The molecule has 0 saturated heterocycles. The van der Waals surface area contributed by atoms with Crippen molar-refractivity contribution in [2.45, 2.75) is 46.2 Å². The summed E-state index contributed by atoms with van der Waals surface area (Å²) in [5.74, 6) is -9.28. The van der Waals surface area contributed by atoms with E-state index in [1.807, 2.05) is 12.1 Å². The zero-order valence-electron chi connectivity index (χ0n) is 26.3. The molecule has 2 heterocycles. The molecule has 20 heteroatoms. The number of nitrogens with zero attached hydrogens (tertiary/aromatic N) is 4. The van der Waals surface area contributed by atoms with E-state index in [4.69, 9.17) is 20.0 Å². The third-order valence-electron chi connectivity index (χ3n) is 7.81. The van der Waals surface area contributed by atoms with Crippen molar-refractivity contribution in [3.05, 3.63) is 94.6 Å². The fraction of sp³-hybridized carbons (Fsp3) is 0.250. The molecule has 2 aromatic carbocycles. The number of rotatable bonds is 6. The first-order valence-corrected chi connectivity index (χ1v) is 18.1. The van der Waals surface area contributed by atoms with Crippen molar-refractivity contribution >= 4 is 19.7 Å². The molecule has 0 amide bonds. The van der Waals surface area contributed by atoms with Crippen LogP contribution in [0.3, 0.4) is 0 Å². The average molecular weight is 769 g/mol. The fourth-order valence-electron chi connectivity index (χ4n) is 5.48. The van der Waals surface area contributed by atoms with E-state index in [1.165, 1.54) is 36.9 Å². The minimum Gasteiger partial charge on any atom is -0.455 e. The Hall–Kier alpha value is -5.28. The summed E-state index contributed by atoms with van der Waals surface area (Å²) in [5, 5.41) is 37.4. The van der Waals surface area contributed by atoms with Gasteiger partial charge in [-0.3, -0.25) is 9.97 Å². The van der Waals surface area contributed by atoms with Gasteiger partial charge >= 0.3 is 11.8 Å². The SMILES string of the molecule is CS(=O)(=O)c1ccc(Oc2cncc(C#N)c2)c2c1[C@H](O)C(F)(F)[C@@H]2F.CS(=O)(=O)c1ccc(Oc2cncc(C#N)c2)c2c1[C@H](O)C(F)(F)[C@H]2F. The minimum absolute atomic E-state index is 0.0322. The molecular weight excluding hydrogens is 746 g/mol. The minimum atomic E-state index is -4.21. The van der Waals surface area contributed by atoms with E-state index < -0.39 is 99.6 Å². The van der Waals surface area contributed by atoms with Gasteiger partial charge in [0.15, 0.2) is 32.0 Å². The van der Waals surface area contributed by atoms with Crippen molar-refractivity contribution in [1.29, 1.82) is 10.5 Å². The first-order valence-electron chi connectivity index (χ1n) is 14.3. The lowest BCUT2D eigenvalue weighted by Crippen LogP contribution is -2.24. The van der Waals surface area contributed by atoms with Gasteiger partial charge in [-0.05, 0) is 24.3 Å². The summed E-state index contributed by atoms with van der Waals surface area (Å²) >= 11 is 0. The highest BCUT2D eigenvalue weighted by Crippen LogP contribution is 2.58. The van der Waals surface area contributed by atoms with Crippen LogP contribution in [0.2, 0.25) is 0 Å². The lowest BCUT2D eigenvalue weighted by Gasteiger charge is -2.16. The number of nitriles is 2. The standard InChI is InChI=1S/2C16H11F3N2O4S/c2*1-26(23,24)11-3-2-10(25-9-4-8(5-20)6-21-7-9)12-13(11)15(22)16(18,19)14(12)17/h2*2-4,6-7,14-15,22H,1H3/t14-,15+;14-,15-/m10/s1. The average Bonchev–Trinajstić information content (AvgIpc) is 3.38. The van der Waals surface area contributed by atoms with Crippen molar-refractivity contribution in [3.8, 4) is 35.1 Å². The van der Waals surface area contributed by atoms with Gasteiger partial charge in [-0.15, -0.1) is 0 Å². The van der Waals surface area contributed by atoms with Crippen LogP contribution in [0.4, 0.5) is 26.3 Å². The lowest BCUT2D eigenvalue weighted by atomic mass is 10.1. The molecule has 2 aromatic heterocycles. The van der Waals surface area contributed by atoms with Crippen LogP contribution >= 0.6 is 0 Å². The van der Waals surface area contributed by atoms with Crippen molar-refractivity contribution in [2.75, 3.05) is 12.5 Å². The second-order valence-corrected chi connectivity index (χ2v) is 15.4. The number of pyridine rings is 2. The number of halogens is 6. The Morgan fingerprint density at radius 3 is 1.31 bits per heavy atom. The zero-order valence-corrected chi connectivity index (χ0v) is 27.9. The van der Waals surface area contributed by atoms with Crippen LogP contribution in [0.25, 0.3) is 0 Å². The van der Waals surface area contributed by atoms with E-state index in [0.717, 1.165) is 36.8 Å². The summed E-state index contributed by atoms with van der Waals surface area (Å²) in [4.78, 5) is 6.26. The fourth-order valence-corrected chi connectivity index (χ4v) is 7.35. The first kappa shape index (κ1) is 38.0. The molecule has 4 aromatic rings. The van der Waals surface area contributed by atoms with Gasteiger partial charge in [0.25, 0.3) is 0 Å². The molecule has 272 valence electrons. The Morgan fingerprint density at radius 2 is 1.00 bits per heavy atom. The lowest BCUT2D eigenvalue weighted by molar-refractivity contribution is -0.144. The van der Waals surface area contributed by atoms with E-state index in [0.29, 0.717) is 0 Å². The van der Waals surface area contributed by atoms with Gasteiger partial charge in [0.1, 0.15) is 47.3 Å². The molecule has 0 spiro atoms. The second kappa shape index (κ2) is 13.4. The van der Waals surface area contributed by atoms with Crippen molar-refractivity contribution in [2.24, 2.45) is 0 Å². The second-order valence-electron chi connectivity index (χ2n) is 11.4. The third kappa shape index (κ3) is 6.73. The Kier molecular flexibility index (Phi) is 9.76. The number of aliphatic hydroxyl groups is 2. The van der Waals surface area contributed by atoms with Crippen LogP contribution in [-0.4, -0.2) is 61.4 Å². The molecule has 0 radical (unpaired) electrons. The van der Waals surface area contributed by atoms with Crippen LogP contribution in [-0.2, 0) is 19.7 Å². The summed E-state index contributed by atoms with van der Waals surface area (Å²) in [6.45, 7) is 0. The Bertz CT molecular complexity index is 2240. The maximum atomic E-state index is 14.4. The molecule has 0 fully saturated rings. The van der Waals surface area contributed by atoms with Gasteiger partial charge in [-0.25, -0.2) is 25.6 Å². The van der Waals surface area contributed by atoms with Gasteiger partial charge in [-0.2, -0.15) is 28.1 Å². The number of sulfone groups is 2. The Morgan fingerprint density at radius 1 is 0.654 bits per heavy atom. The summed E-state index contributed by atoms with van der Waals surface area (Å²) in [7, 11) is -8.01. The van der Waals surface area contributed by atoms with Crippen LogP contribution in [0.1, 0.15) is 57.9 Å². The molecule has 6 rings (SSSR count). The molecule has 52 heavy (non-hydrogen) atoms. The number of ether oxygens (including phenoxy) is 2. The monoisotopic (exact) mass is 768 g/mol. The predicted octanol–water partition coefficient (Wildman–Crippen LogP) is 5.68. The third-order valence-corrected chi connectivity index (χ3v) is 10.1. The zero-order chi connectivity index (χ0) is 38.6. The smallest absolute Gasteiger partial charge is 0.312 e. The maximum absolute atomic E-state index is 14.4. The topological polar surface area (TPSA) is 201 Å². The number of aliphatic hydroxyl groups excluding tert-OH is 2. The van der Waals surface area contributed by atoms with Crippen LogP contribution in [0.15, 0.2) is 71.0 Å². The summed E-state index contributed by atoms with van der Waals surface area (Å²) in [6.07, 6.45) is -4.84. The number of aromatic nitrogens is 2. The van der Waals surface area contributed by atoms with E-state index in [1.54, 1.807) is 0 Å². The van der Waals surface area contributed by atoms with Crippen molar-refractivity contribution < 1.29 is 62.9 Å². The largest absolute Gasteiger partial charge is 0.455 e. The highest BCUT2D eigenvalue weighted by atomic mass is 32.2. The molecular formula is C32H22F6N4O8S2. The van der Waals surface area contributed by atoms with E-state index in [-0.39, 0.29) is 22.6 Å². The first-order chi connectivity index (χ1) is 24.1. The van der Waals surface area contributed by atoms with Gasteiger partial charge < -0.3 is 19.7 Å². The molecule has 4 atom stereocenters. The van der Waals surface area contributed by atoms with Gasteiger partial charge in [0.05, 0.1) is 33.3 Å². The van der Waals surface area contributed by atoms with Gasteiger partial charge in [-0.1, -0.05) is 0 Å².